The van der Waals surface area contributed by atoms with E-state index in [1.54, 1.807) is 6.92 Å². The van der Waals surface area contributed by atoms with Gasteiger partial charge in [-0.25, -0.2) is 0 Å². The zero-order valence-corrected chi connectivity index (χ0v) is 11.9. The summed E-state index contributed by atoms with van der Waals surface area (Å²) in [7, 11) is 0. The van der Waals surface area contributed by atoms with Gasteiger partial charge in [-0.3, -0.25) is 4.79 Å². The van der Waals surface area contributed by atoms with E-state index in [-0.39, 0.29) is 11.5 Å². The summed E-state index contributed by atoms with van der Waals surface area (Å²) in [5.41, 5.74) is -0.0227. The van der Waals surface area contributed by atoms with Crippen molar-refractivity contribution in [2.45, 2.75) is 44.6 Å². The number of carbonyl (C=O) groups excluding carboxylic acids is 1. The Balaban J connectivity index is 1.37. The quantitative estimate of drug-likeness (QED) is 0.713. The Labute approximate surface area is 115 Å². The van der Waals surface area contributed by atoms with Crippen LogP contribution in [0.2, 0.25) is 0 Å². The highest BCUT2D eigenvalue weighted by molar-refractivity contribution is 5.74. The maximum absolute atomic E-state index is 11.3. The fourth-order valence-electron chi connectivity index (χ4n) is 3.25. The van der Waals surface area contributed by atoms with Gasteiger partial charge in [-0.15, -0.1) is 0 Å². The lowest BCUT2D eigenvalue weighted by molar-refractivity contribution is -0.187. The highest BCUT2D eigenvalue weighted by Crippen LogP contribution is 2.38. The molecule has 0 N–H and O–H groups in total. The third kappa shape index (κ3) is 3.29. The van der Waals surface area contributed by atoms with Crippen LogP contribution in [0.4, 0.5) is 0 Å². The molecule has 3 aliphatic rings. The Morgan fingerprint density at radius 3 is 2.79 bits per heavy atom. The van der Waals surface area contributed by atoms with Crippen LogP contribution in [-0.2, 0) is 14.3 Å². The first-order chi connectivity index (χ1) is 9.17. The van der Waals surface area contributed by atoms with Gasteiger partial charge in [0.15, 0.2) is 0 Å². The van der Waals surface area contributed by atoms with Gasteiger partial charge < -0.3 is 14.4 Å². The fraction of sp³-hybridized carbons (Fsp3) is 0.933. The van der Waals surface area contributed by atoms with Gasteiger partial charge in [0.1, 0.15) is 5.60 Å². The predicted octanol–water partition coefficient (Wildman–Crippen LogP) is 1.83. The highest BCUT2D eigenvalue weighted by atomic mass is 16.5. The predicted molar refractivity (Wildman–Crippen MR) is 71.8 cm³/mol. The minimum absolute atomic E-state index is 0.0227. The van der Waals surface area contributed by atoms with E-state index in [4.69, 9.17) is 9.47 Å². The second-order valence-corrected chi connectivity index (χ2v) is 6.57. The molecule has 1 aliphatic carbocycles. The summed E-state index contributed by atoms with van der Waals surface area (Å²) in [5.74, 6) is 1.74. The molecule has 1 saturated carbocycles. The summed E-state index contributed by atoms with van der Waals surface area (Å²) in [6, 6.07) is 0. The standard InChI is InChI=1S/C15H25NO3/c1-12(17)16-10-15(11-16)8-13(5-7-19-15)4-6-18-9-14-2-3-14/h13-14H,2-11H2,1H3. The van der Waals surface area contributed by atoms with E-state index >= 15 is 0 Å². The minimum Gasteiger partial charge on any atom is -0.381 e. The maximum atomic E-state index is 11.3. The molecule has 1 amide bonds. The molecule has 0 radical (unpaired) electrons. The van der Waals surface area contributed by atoms with Gasteiger partial charge in [0.2, 0.25) is 5.91 Å². The number of hydrogen-bond donors (Lipinski definition) is 0. The summed E-state index contributed by atoms with van der Waals surface area (Å²) >= 11 is 0. The lowest BCUT2D eigenvalue weighted by atomic mass is 9.79. The summed E-state index contributed by atoms with van der Waals surface area (Å²) < 4.78 is 11.7. The Morgan fingerprint density at radius 1 is 1.32 bits per heavy atom. The SMILES string of the molecule is CC(=O)N1CC2(CC(CCOCC3CC3)CCO2)C1. The summed E-state index contributed by atoms with van der Waals surface area (Å²) in [6.07, 6.45) is 6.12. The van der Waals surface area contributed by atoms with Crippen LogP contribution < -0.4 is 0 Å². The maximum Gasteiger partial charge on any atom is 0.219 e. The molecule has 1 atom stereocenters. The molecule has 1 unspecified atom stereocenters. The molecule has 3 rings (SSSR count). The number of amides is 1. The zero-order chi connectivity index (χ0) is 13.3. The largest absolute Gasteiger partial charge is 0.381 e. The van der Waals surface area contributed by atoms with Crippen molar-refractivity contribution in [3.8, 4) is 0 Å². The Hall–Kier alpha value is -0.610. The lowest BCUT2D eigenvalue weighted by Gasteiger charge is -2.53. The van der Waals surface area contributed by atoms with Gasteiger partial charge in [-0.05, 0) is 43.9 Å². The second kappa shape index (κ2) is 5.41. The van der Waals surface area contributed by atoms with Crippen LogP contribution in [-0.4, -0.2) is 49.3 Å². The van der Waals surface area contributed by atoms with Crippen molar-refractivity contribution in [2.24, 2.45) is 11.8 Å². The average Bonchev–Trinajstić information content (AvgIpc) is 3.16. The van der Waals surface area contributed by atoms with E-state index in [1.807, 2.05) is 4.90 Å². The molecule has 4 heteroatoms. The molecule has 0 bridgehead atoms. The Morgan fingerprint density at radius 2 is 2.11 bits per heavy atom. The number of carbonyl (C=O) groups is 1. The fourth-order valence-corrected chi connectivity index (χ4v) is 3.25. The summed E-state index contributed by atoms with van der Waals surface area (Å²) in [5, 5.41) is 0. The third-order valence-corrected chi connectivity index (χ3v) is 4.72. The molecular weight excluding hydrogens is 242 g/mol. The zero-order valence-electron chi connectivity index (χ0n) is 11.9. The molecule has 0 aromatic rings. The molecule has 2 saturated heterocycles. The van der Waals surface area contributed by atoms with Crippen LogP contribution in [0, 0.1) is 11.8 Å². The summed E-state index contributed by atoms with van der Waals surface area (Å²) in [6.45, 7) is 5.93. The number of likely N-dealkylation sites (tertiary alicyclic amines) is 1. The van der Waals surface area contributed by atoms with Gasteiger partial charge in [-0.2, -0.15) is 0 Å². The molecule has 3 fully saturated rings. The second-order valence-electron chi connectivity index (χ2n) is 6.57. The molecule has 2 heterocycles. The van der Waals surface area contributed by atoms with E-state index in [9.17, 15) is 4.79 Å². The monoisotopic (exact) mass is 267 g/mol. The van der Waals surface area contributed by atoms with Crippen LogP contribution in [0.25, 0.3) is 0 Å². The number of rotatable bonds is 5. The van der Waals surface area contributed by atoms with Crippen LogP contribution in [0.15, 0.2) is 0 Å². The molecule has 0 aromatic heterocycles. The van der Waals surface area contributed by atoms with Crippen molar-refractivity contribution in [2.75, 3.05) is 32.9 Å². The van der Waals surface area contributed by atoms with E-state index in [0.29, 0.717) is 5.92 Å². The lowest BCUT2D eigenvalue weighted by Crippen LogP contribution is -2.66. The van der Waals surface area contributed by atoms with Crippen LogP contribution in [0.3, 0.4) is 0 Å². The highest BCUT2D eigenvalue weighted by Gasteiger charge is 2.48. The van der Waals surface area contributed by atoms with Crippen molar-refractivity contribution in [1.29, 1.82) is 0 Å². The van der Waals surface area contributed by atoms with Crippen LogP contribution in [0.5, 0.6) is 0 Å². The molecule has 1 spiro atoms. The number of nitrogens with zero attached hydrogens (tertiary/aromatic N) is 1. The van der Waals surface area contributed by atoms with Crippen LogP contribution >= 0.6 is 0 Å². The normalized spacial score (nSPS) is 29.3. The van der Waals surface area contributed by atoms with Crippen molar-refractivity contribution >= 4 is 5.91 Å². The van der Waals surface area contributed by atoms with Gasteiger partial charge in [0.05, 0.1) is 13.1 Å². The van der Waals surface area contributed by atoms with Crippen molar-refractivity contribution < 1.29 is 14.3 Å². The van der Waals surface area contributed by atoms with Crippen molar-refractivity contribution in [3.63, 3.8) is 0 Å². The number of ether oxygens (including phenoxy) is 2. The Kier molecular flexibility index (Phi) is 3.81. The van der Waals surface area contributed by atoms with Crippen molar-refractivity contribution in [1.82, 2.24) is 4.90 Å². The smallest absolute Gasteiger partial charge is 0.219 e. The van der Waals surface area contributed by atoms with Crippen molar-refractivity contribution in [3.05, 3.63) is 0 Å². The molecule has 108 valence electrons. The molecule has 19 heavy (non-hydrogen) atoms. The van der Waals surface area contributed by atoms with Crippen LogP contribution in [0.1, 0.15) is 39.0 Å². The molecule has 0 aromatic carbocycles. The average molecular weight is 267 g/mol. The number of hydrogen-bond acceptors (Lipinski definition) is 3. The Bertz CT molecular complexity index is 334. The first-order valence-electron chi connectivity index (χ1n) is 7.64. The van der Waals surface area contributed by atoms with E-state index in [1.165, 1.54) is 12.8 Å². The molecule has 4 nitrogen and oxygen atoms in total. The molecule has 2 aliphatic heterocycles. The van der Waals surface area contributed by atoms with E-state index in [0.717, 1.165) is 58.1 Å². The van der Waals surface area contributed by atoms with Gasteiger partial charge in [0.25, 0.3) is 0 Å². The first kappa shape index (κ1) is 13.4. The molecular formula is C15H25NO3. The topological polar surface area (TPSA) is 38.8 Å². The van der Waals surface area contributed by atoms with E-state index in [2.05, 4.69) is 0 Å². The van der Waals surface area contributed by atoms with Gasteiger partial charge in [0, 0.05) is 26.7 Å². The summed E-state index contributed by atoms with van der Waals surface area (Å²) in [4.78, 5) is 13.1. The van der Waals surface area contributed by atoms with Gasteiger partial charge >= 0.3 is 0 Å². The first-order valence-corrected chi connectivity index (χ1v) is 7.64. The third-order valence-electron chi connectivity index (χ3n) is 4.72. The van der Waals surface area contributed by atoms with E-state index < -0.39 is 0 Å². The van der Waals surface area contributed by atoms with Gasteiger partial charge in [-0.1, -0.05) is 0 Å². The minimum atomic E-state index is -0.0227.